The Balaban J connectivity index is 4.23. The second-order valence-corrected chi connectivity index (χ2v) is 23.1. The van der Waals surface area contributed by atoms with Gasteiger partial charge in [-0.05, 0) is 44.9 Å². The number of hydrogen-bond acceptors (Lipinski definition) is 6. The van der Waals surface area contributed by atoms with Crippen molar-refractivity contribution in [3.05, 3.63) is 24.3 Å². The van der Waals surface area contributed by atoms with Crippen molar-refractivity contribution in [2.75, 3.05) is 13.2 Å². The molecule has 6 nitrogen and oxygen atoms in total. The molecule has 1 unspecified atom stereocenters. The van der Waals surface area contributed by atoms with Crippen molar-refractivity contribution in [2.24, 2.45) is 0 Å². The van der Waals surface area contributed by atoms with Crippen LogP contribution in [0, 0.1) is 0 Å². The molecule has 0 heterocycles. The summed E-state index contributed by atoms with van der Waals surface area (Å²) < 4.78 is 17.0. The number of hydrogen-bond donors (Lipinski definition) is 0. The molecule has 0 aliphatic carbocycles. The Hall–Kier alpha value is -2.11. The van der Waals surface area contributed by atoms with Gasteiger partial charge in [0.1, 0.15) is 13.2 Å². The third kappa shape index (κ3) is 62.6. The van der Waals surface area contributed by atoms with Gasteiger partial charge in [0, 0.05) is 19.3 Å². The van der Waals surface area contributed by atoms with Crippen LogP contribution in [0.2, 0.25) is 0 Å². The highest BCUT2D eigenvalue weighted by molar-refractivity contribution is 5.71. The second-order valence-electron chi connectivity index (χ2n) is 23.1. The molecular formula is C69H130O6. The Morgan fingerprint density at radius 3 is 0.787 bits per heavy atom. The van der Waals surface area contributed by atoms with Gasteiger partial charge in [0.25, 0.3) is 0 Å². The summed E-state index contributed by atoms with van der Waals surface area (Å²) in [4.78, 5) is 38.3. The molecule has 75 heavy (non-hydrogen) atoms. The maximum absolute atomic E-state index is 12.9. The van der Waals surface area contributed by atoms with Gasteiger partial charge in [-0.2, -0.15) is 0 Å². The topological polar surface area (TPSA) is 78.9 Å². The van der Waals surface area contributed by atoms with E-state index in [0.717, 1.165) is 83.5 Å². The molecular weight excluding hydrogens is 925 g/mol. The zero-order valence-electron chi connectivity index (χ0n) is 50.8. The smallest absolute Gasteiger partial charge is 0.306 e. The van der Waals surface area contributed by atoms with Gasteiger partial charge in [0.05, 0.1) is 0 Å². The first-order chi connectivity index (χ1) is 37.0. The third-order valence-electron chi connectivity index (χ3n) is 15.4. The van der Waals surface area contributed by atoms with Crippen LogP contribution < -0.4 is 0 Å². The Kier molecular flexibility index (Phi) is 62.6. The number of carbonyl (C=O) groups is 3. The van der Waals surface area contributed by atoms with Crippen LogP contribution in [0.15, 0.2) is 24.3 Å². The van der Waals surface area contributed by atoms with E-state index in [-0.39, 0.29) is 31.1 Å². The lowest BCUT2D eigenvalue weighted by atomic mass is 10.0. The van der Waals surface area contributed by atoms with E-state index in [1.54, 1.807) is 0 Å². The van der Waals surface area contributed by atoms with Crippen molar-refractivity contribution in [3.8, 4) is 0 Å². The minimum Gasteiger partial charge on any atom is -0.462 e. The lowest BCUT2D eigenvalue weighted by Crippen LogP contribution is -2.30. The standard InChI is InChI=1S/C69H130O6/c1-4-7-10-13-16-19-22-25-27-29-31-33-34-36-37-39-41-44-47-50-53-56-59-62-68(71)74-65-66(64-73-67(70)61-58-55-52-49-46-43-24-21-18-15-12-9-6-3)75-69(72)63-60-57-54-51-48-45-42-40-38-35-32-30-28-26-23-20-17-14-11-8-5-2/h12,15,21,24,66H,4-11,13-14,16-20,22-23,25-65H2,1-3H3/b15-12-,24-21-. The maximum Gasteiger partial charge on any atom is 0.306 e. The van der Waals surface area contributed by atoms with Gasteiger partial charge in [-0.3, -0.25) is 14.4 Å². The van der Waals surface area contributed by atoms with Crippen molar-refractivity contribution >= 4 is 17.9 Å². The van der Waals surface area contributed by atoms with E-state index in [1.807, 2.05) is 0 Å². The van der Waals surface area contributed by atoms with Crippen LogP contribution in [-0.2, 0) is 28.6 Å². The van der Waals surface area contributed by atoms with E-state index < -0.39 is 6.10 Å². The summed E-state index contributed by atoms with van der Waals surface area (Å²) >= 11 is 0. The van der Waals surface area contributed by atoms with Crippen LogP contribution in [-0.4, -0.2) is 37.2 Å². The van der Waals surface area contributed by atoms with E-state index in [2.05, 4.69) is 45.1 Å². The summed E-state index contributed by atoms with van der Waals surface area (Å²) in [7, 11) is 0. The fourth-order valence-electron chi connectivity index (χ4n) is 10.4. The van der Waals surface area contributed by atoms with Gasteiger partial charge in [0.15, 0.2) is 6.10 Å². The molecule has 0 bridgehead atoms. The zero-order chi connectivity index (χ0) is 54.3. The zero-order valence-corrected chi connectivity index (χ0v) is 50.8. The lowest BCUT2D eigenvalue weighted by molar-refractivity contribution is -0.167. The lowest BCUT2D eigenvalue weighted by Gasteiger charge is -2.18. The number of unbranched alkanes of at least 4 members (excludes halogenated alkanes) is 48. The van der Waals surface area contributed by atoms with Crippen molar-refractivity contribution in [2.45, 2.75) is 386 Å². The summed E-state index contributed by atoms with van der Waals surface area (Å²) in [5.41, 5.74) is 0. The normalized spacial score (nSPS) is 12.1. The molecule has 0 fully saturated rings. The molecule has 0 saturated carbocycles. The number of ether oxygens (including phenoxy) is 3. The molecule has 442 valence electrons. The third-order valence-corrected chi connectivity index (χ3v) is 15.4. The van der Waals surface area contributed by atoms with Gasteiger partial charge in [0.2, 0.25) is 0 Å². The molecule has 6 heteroatoms. The fourth-order valence-corrected chi connectivity index (χ4v) is 10.4. The Labute approximate surface area is 468 Å². The first-order valence-electron chi connectivity index (χ1n) is 33.8. The molecule has 0 spiro atoms. The van der Waals surface area contributed by atoms with Gasteiger partial charge in [-0.1, -0.05) is 340 Å². The van der Waals surface area contributed by atoms with Crippen LogP contribution in [0.3, 0.4) is 0 Å². The van der Waals surface area contributed by atoms with Gasteiger partial charge < -0.3 is 14.2 Å². The molecule has 0 aliphatic heterocycles. The predicted octanol–water partition coefficient (Wildman–Crippen LogP) is 23.0. The van der Waals surface area contributed by atoms with Crippen molar-refractivity contribution in [1.29, 1.82) is 0 Å². The first kappa shape index (κ1) is 72.9. The van der Waals surface area contributed by atoms with Crippen LogP contribution in [0.5, 0.6) is 0 Å². The molecule has 0 rings (SSSR count). The quantitative estimate of drug-likeness (QED) is 0.0261. The largest absolute Gasteiger partial charge is 0.462 e. The molecule has 0 aromatic carbocycles. The van der Waals surface area contributed by atoms with E-state index >= 15 is 0 Å². The van der Waals surface area contributed by atoms with Crippen molar-refractivity contribution in [3.63, 3.8) is 0 Å². The Bertz CT molecular complexity index is 1210. The van der Waals surface area contributed by atoms with Crippen molar-refractivity contribution in [1.82, 2.24) is 0 Å². The Morgan fingerprint density at radius 2 is 0.507 bits per heavy atom. The molecule has 0 radical (unpaired) electrons. The molecule has 0 aromatic heterocycles. The number of esters is 3. The van der Waals surface area contributed by atoms with E-state index in [1.165, 1.54) is 257 Å². The summed E-state index contributed by atoms with van der Waals surface area (Å²) in [6.07, 6.45) is 77.7. The number of rotatable bonds is 63. The summed E-state index contributed by atoms with van der Waals surface area (Å²) in [5, 5.41) is 0. The van der Waals surface area contributed by atoms with E-state index in [4.69, 9.17) is 14.2 Å². The van der Waals surface area contributed by atoms with E-state index in [0.29, 0.717) is 19.3 Å². The van der Waals surface area contributed by atoms with Gasteiger partial charge >= 0.3 is 17.9 Å². The van der Waals surface area contributed by atoms with Crippen LogP contribution in [0.25, 0.3) is 0 Å². The Morgan fingerprint density at radius 1 is 0.267 bits per heavy atom. The molecule has 1 atom stereocenters. The molecule has 0 aromatic rings. The molecule has 0 N–H and O–H groups in total. The van der Waals surface area contributed by atoms with E-state index in [9.17, 15) is 14.4 Å². The molecule has 0 aliphatic rings. The van der Waals surface area contributed by atoms with Crippen molar-refractivity contribution < 1.29 is 28.6 Å². The SMILES string of the molecule is CCC/C=C\C/C=C\CCCCCCCC(=O)OCC(COC(=O)CCCCCCCCCCCCCCCCCCCCCCCCC)OC(=O)CCCCCCCCCCCCCCCCCCCCCCC. The maximum atomic E-state index is 12.9. The monoisotopic (exact) mass is 1050 g/mol. The summed E-state index contributed by atoms with van der Waals surface area (Å²) in [6, 6.07) is 0. The number of carbonyl (C=O) groups excluding carboxylic acids is 3. The molecule has 0 saturated heterocycles. The minimum absolute atomic E-state index is 0.0695. The second kappa shape index (κ2) is 64.4. The predicted molar refractivity (Wildman–Crippen MR) is 326 cm³/mol. The van der Waals surface area contributed by atoms with Gasteiger partial charge in [-0.15, -0.1) is 0 Å². The highest BCUT2D eigenvalue weighted by Crippen LogP contribution is 2.19. The number of allylic oxidation sites excluding steroid dienone is 4. The highest BCUT2D eigenvalue weighted by atomic mass is 16.6. The minimum atomic E-state index is -0.773. The average molecular weight is 1060 g/mol. The van der Waals surface area contributed by atoms with Gasteiger partial charge in [-0.25, -0.2) is 0 Å². The summed E-state index contributed by atoms with van der Waals surface area (Å²) in [6.45, 7) is 6.65. The average Bonchev–Trinajstić information content (AvgIpc) is 3.41. The summed E-state index contributed by atoms with van der Waals surface area (Å²) in [5.74, 6) is -0.854. The van der Waals surface area contributed by atoms with Crippen LogP contribution >= 0.6 is 0 Å². The van der Waals surface area contributed by atoms with Crippen LogP contribution in [0.1, 0.15) is 380 Å². The highest BCUT2D eigenvalue weighted by Gasteiger charge is 2.19. The first-order valence-corrected chi connectivity index (χ1v) is 33.8. The fraction of sp³-hybridized carbons (Fsp3) is 0.899. The molecule has 0 amide bonds. The van der Waals surface area contributed by atoms with Crippen LogP contribution in [0.4, 0.5) is 0 Å².